The van der Waals surface area contributed by atoms with E-state index in [0.29, 0.717) is 5.75 Å². The van der Waals surface area contributed by atoms with Crippen molar-refractivity contribution in [3.63, 3.8) is 0 Å². The summed E-state index contributed by atoms with van der Waals surface area (Å²) in [4.78, 5) is 0. The molecule has 0 atom stereocenters. The van der Waals surface area contributed by atoms with Gasteiger partial charge in [0.15, 0.2) is 5.76 Å². The normalized spacial score (nSPS) is 10.4. The van der Waals surface area contributed by atoms with E-state index in [9.17, 15) is 0 Å². The lowest BCUT2D eigenvalue weighted by Gasteiger charge is -1.97. The van der Waals surface area contributed by atoms with E-state index in [2.05, 4.69) is 33.7 Å². The Morgan fingerprint density at radius 1 is 1.36 bits per heavy atom. The van der Waals surface area contributed by atoms with Crippen molar-refractivity contribution in [3.8, 4) is 11.3 Å². The van der Waals surface area contributed by atoms with Gasteiger partial charge in [-0.1, -0.05) is 33.2 Å². The number of halogens is 1. The Morgan fingerprint density at radius 2 is 2.14 bits per heavy atom. The molecule has 0 spiro atoms. The van der Waals surface area contributed by atoms with Gasteiger partial charge in [-0.3, -0.25) is 0 Å². The zero-order valence-corrected chi connectivity index (χ0v) is 9.75. The number of hydrogen-bond donors (Lipinski definition) is 1. The highest BCUT2D eigenvalue weighted by molar-refractivity contribution is 9.10. The maximum Gasteiger partial charge on any atom is 0.168 e. The summed E-state index contributed by atoms with van der Waals surface area (Å²) in [5, 5.41) is 3.88. The Bertz CT molecular complexity index is 441. The van der Waals surface area contributed by atoms with Gasteiger partial charge >= 0.3 is 0 Å². The highest BCUT2D eigenvalue weighted by Gasteiger charge is 2.07. The molecule has 0 amide bonds. The Hall–Kier alpha value is -0.740. The van der Waals surface area contributed by atoms with Crippen LogP contribution in [0.1, 0.15) is 5.69 Å². The fraction of sp³-hybridized carbons (Fsp3) is 0.100. The third-order valence-electron chi connectivity index (χ3n) is 1.86. The molecular formula is C10H8BrNOS. The standard InChI is InChI=1S/C10H8BrNOS/c11-9-4-2-1-3-8(9)10-5-7(6-14)12-13-10/h1-5,14H,6H2. The quantitative estimate of drug-likeness (QED) is 0.845. The minimum Gasteiger partial charge on any atom is -0.356 e. The van der Waals surface area contributed by atoms with Crippen molar-refractivity contribution < 1.29 is 4.52 Å². The number of hydrogen-bond acceptors (Lipinski definition) is 3. The molecule has 72 valence electrons. The lowest BCUT2D eigenvalue weighted by molar-refractivity contribution is 0.426. The first-order chi connectivity index (χ1) is 6.81. The van der Waals surface area contributed by atoms with E-state index in [1.807, 2.05) is 30.3 Å². The predicted octanol–water partition coefficient (Wildman–Crippen LogP) is 3.53. The van der Waals surface area contributed by atoms with Crippen LogP contribution in [0.5, 0.6) is 0 Å². The number of benzene rings is 1. The zero-order chi connectivity index (χ0) is 9.97. The molecular weight excluding hydrogens is 262 g/mol. The number of rotatable bonds is 2. The fourth-order valence-corrected chi connectivity index (χ4v) is 1.80. The highest BCUT2D eigenvalue weighted by atomic mass is 79.9. The third kappa shape index (κ3) is 1.86. The Morgan fingerprint density at radius 3 is 2.79 bits per heavy atom. The van der Waals surface area contributed by atoms with Crippen molar-refractivity contribution in [1.82, 2.24) is 5.16 Å². The van der Waals surface area contributed by atoms with Crippen molar-refractivity contribution in [2.45, 2.75) is 5.75 Å². The monoisotopic (exact) mass is 269 g/mol. The Labute approximate surface area is 95.8 Å². The molecule has 1 aromatic carbocycles. The second kappa shape index (κ2) is 4.19. The summed E-state index contributed by atoms with van der Waals surface area (Å²) in [6.45, 7) is 0. The second-order valence-corrected chi connectivity index (χ2v) is 3.99. The molecule has 0 saturated carbocycles. The number of thiol groups is 1. The average Bonchev–Trinajstić information content (AvgIpc) is 2.67. The van der Waals surface area contributed by atoms with Gasteiger partial charge in [0, 0.05) is 21.9 Å². The molecule has 0 aliphatic rings. The van der Waals surface area contributed by atoms with Gasteiger partial charge < -0.3 is 4.52 Å². The van der Waals surface area contributed by atoms with E-state index in [-0.39, 0.29) is 0 Å². The van der Waals surface area contributed by atoms with Crippen molar-refractivity contribution in [2.75, 3.05) is 0 Å². The van der Waals surface area contributed by atoms with Crippen LogP contribution in [0.2, 0.25) is 0 Å². The smallest absolute Gasteiger partial charge is 0.168 e. The van der Waals surface area contributed by atoms with E-state index in [0.717, 1.165) is 21.5 Å². The van der Waals surface area contributed by atoms with E-state index >= 15 is 0 Å². The van der Waals surface area contributed by atoms with Gasteiger partial charge in [0.1, 0.15) is 0 Å². The van der Waals surface area contributed by atoms with Gasteiger partial charge in [0.25, 0.3) is 0 Å². The van der Waals surface area contributed by atoms with Gasteiger partial charge in [-0.25, -0.2) is 0 Å². The lowest BCUT2D eigenvalue weighted by atomic mass is 10.2. The van der Waals surface area contributed by atoms with Crippen molar-refractivity contribution in [3.05, 3.63) is 40.5 Å². The highest BCUT2D eigenvalue weighted by Crippen LogP contribution is 2.28. The molecule has 1 heterocycles. The van der Waals surface area contributed by atoms with E-state index in [1.165, 1.54) is 0 Å². The Balaban J connectivity index is 2.44. The van der Waals surface area contributed by atoms with Gasteiger partial charge in [0.2, 0.25) is 0 Å². The van der Waals surface area contributed by atoms with Gasteiger partial charge in [-0.2, -0.15) is 12.6 Å². The molecule has 0 bridgehead atoms. The molecule has 0 unspecified atom stereocenters. The summed E-state index contributed by atoms with van der Waals surface area (Å²) in [6, 6.07) is 9.77. The molecule has 0 radical (unpaired) electrons. The first kappa shape index (κ1) is 9.80. The molecule has 0 aliphatic heterocycles. The topological polar surface area (TPSA) is 26.0 Å². The third-order valence-corrected chi connectivity index (χ3v) is 2.88. The maximum atomic E-state index is 5.19. The van der Waals surface area contributed by atoms with Crippen LogP contribution in [0.4, 0.5) is 0 Å². The minimum absolute atomic E-state index is 0.591. The average molecular weight is 270 g/mol. The van der Waals surface area contributed by atoms with Crippen LogP contribution >= 0.6 is 28.6 Å². The molecule has 0 fully saturated rings. The van der Waals surface area contributed by atoms with Crippen molar-refractivity contribution >= 4 is 28.6 Å². The molecule has 0 N–H and O–H groups in total. The van der Waals surface area contributed by atoms with E-state index in [1.54, 1.807) is 0 Å². The molecule has 0 saturated heterocycles. The first-order valence-corrected chi connectivity index (χ1v) is 5.55. The molecule has 1 aromatic heterocycles. The van der Waals surface area contributed by atoms with Crippen LogP contribution in [0.3, 0.4) is 0 Å². The van der Waals surface area contributed by atoms with Crippen LogP contribution < -0.4 is 0 Å². The van der Waals surface area contributed by atoms with E-state index in [4.69, 9.17) is 4.52 Å². The number of aromatic nitrogens is 1. The van der Waals surface area contributed by atoms with Crippen LogP contribution in [0.25, 0.3) is 11.3 Å². The SMILES string of the molecule is SCc1cc(-c2ccccc2Br)on1. The zero-order valence-electron chi connectivity index (χ0n) is 7.27. The fourth-order valence-electron chi connectivity index (χ4n) is 1.17. The summed E-state index contributed by atoms with van der Waals surface area (Å²) in [5.74, 6) is 1.36. The van der Waals surface area contributed by atoms with Crippen LogP contribution in [0.15, 0.2) is 39.3 Å². The molecule has 2 nitrogen and oxygen atoms in total. The van der Waals surface area contributed by atoms with Gasteiger partial charge in [0.05, 0.1) is 5.69 Å². The summed E-state index contributed by atoms with van der Waals surface area (Å²) in [7, 11) is 0. The molecule has 4 heteroatoms. The number of nitrogens with zero attached hydrogens (tertiary/aromatic N) is 1. The molecule has 14 heavy (non-hydrogen) atoms. The van der Waals surface area contributed by atoms with Crippen molar-refractivity contribution in [1.29, 1.82) is 0 Å². The largest absolute Gasteiger partial charge is 0.356 e. The van der Waals surface area contributed by atoms with Gasteiger partial charge in [-0.15, -0.1) is 0 Å². The molecule has 0 aliphatic carbocycles. The molecule has 2 rings (SSSR count). The van der Waals surface area contributed by atoms with E-state index < -0.39 is 0 Å². The van der Waals surface area contributed by atoms with Crippen LogP contribution in [-0.2, 0) is 5.75 Å². The maximum absolute atomic E-state index is 5.19. The van der Waals surface area contributed by atoms with Gasteiger partial charge in [-0.05, 0) is 12.1 Å². The predicted molar refractivity (Wildman–Crippen MR) is 62.3 cm³/mol. The summed E-state index contributed by atoms with van der Waals surface area (Å²) in [5.41, 5.74) is 1.85. The Kier molecular flexibility index (Phi) is 2.93. The summed E-state index contributed by atoms with van der Waals surface area (Å²) >= 11 is 7.58. The first-order valence-electron chi connectivity index (χ1n) is 4.12. The van der Waals surface area contributed by atoms with Crippen LogP contribution in [-0.4, -0.2) is 5.16 Å². The summed E-state index contributed by atoms with van der Waals surface area (Å²) in [6.07, 6.45) is 0. The molecule has 2 aromatic rings. The minimum atomic E-state index is 0.591. The van der Waals surface area contributed by atoms with Crippen LogP contribution in [0, 0.1) is 0 Å². The lowest BCUT2D eigenvalue weighted by Crippen LogP contribution is -1.75. The van der Waals surface area contributed by atoms with Crippen molar-refractivity contribution in [2.24, 2.45) is 0 Å². The second-order valence-electron chi connectivity index (χ2n) is 2.82. The summed E-state index contributed by atoms with van der Waals surface area (Å²) < 4.78 is 6.20.